The van der Waals surface area contributed by atoms with E-state index in [0.29, 0.717) is 23.4 Å². The first-order valence-electron chi connectivity index (χ1n) is 9.29. The molecule has 4 nitrogen and oxygen atoms in total. The van der Waals surface area contributed by atoms with Crippen LogP contribution >= 0.6 is 15.9 Å². The Bertz CT molecular complexity index is 805. The molecule has 0 saturated heterocycles. The smallest absolute Gasteiger partial charge is 0.410 e. The van der Waals surface area contributed by atoms with Gasteiger partial charge < -0.3 is 14.4 Å². The van der Waals surface area contributed by atoms with Crippen LogP contribution in [-0.4, -0.2) is 36.8 Å². The van der Waals surface area contributed by atoms with Gasteiger partial charge in [0, 0.05) is 19.2 Å². The first kappa shape index (κ1) is 22.2. The van der Waals surface area contributed by atoms with Gasteiger partial charge in [0.15, 0.2) is 0 Å². The predicted octanol–water partition coefficient (Wildman–Crippen LogP) is 6.28. The van der Waals surface area contributed by atoms with Crippen molar-refractivity contribution in [3.8, 4) is 16.9 Å². The predicted molar refractivity (Wildman–Crippen MR) is 113 cm³/mol. The van der Waals surface area contributed by atoms with Gasteiger partial charge in [0.25, 0.3) is 0 Å². The Kier molecular flexibility index (Phi) is 7.87. The Morgan fingerprint density at radius 3 is 2.54 bits per heavy atom. The van der Waals surface area contributed by atoms with Crippen molar-refractivity contribution in [1.82, 2.24) is 4.90 Å². The normalized spacial score (nSPS) is 11.2. The number of nitrogens with zero attached hydrogens (tertiary/aromatic N) is 1. The lowest BCUT2D eigenvalue weighted by Crippen LogP contribution is -2.34. The zero-order valence-corrected chi connectivity index (χ0v) is 18.4. The third-order valence-electron chi connectivity index (χ3n) is 3.97. The molecule has 0 bridgehead atoms. The van der Waals surface area contributed by atoms with Crippen molar-refractivity contribution in [2.45, 2.75) is 39.2 Å². The van der Waals surface area contributed by atoms with E-state index in [0.717, 1.165) is 24.0 Å². The molecule has 2 aromatic rings. The lowest BCUT2D eigenvalue weighted by atomic mass is 10.0. The minimum atomic E-state index is -0.495. The molecule has 0 heterocycles. The van der Waals surface area contributed by atoms with Crippen LogP contribution in [0, 0.1) is 5.82 Å². The summed E-state index contributed by atoms with van der Waals surface area (Å²) in [5.41, 5.74) is 1.12. The highest BCUT2D eigenvalue weighted by Gasteiger charge is 2.19. The van der Waals surface area contributed by atoms with Gasteiger partial charge in [0.05, 0.1) is 11.1 Å². The van der Waals surface area contributed by atoms with Gasteiger partial charge in [-0.25, -0.2) is 9.18 Å². The van der Waals surface area contributed by atoms with Crippen molar-refractivity contribution < 1.29 is 18.7 Å². The van der Waals surface area contributed by atoms with Crippen LogP contribution in [0.5, 0.6) is 5.75 Å². The summed E-state index contributed by atoms with van der Waals surface area (Å²) in [4.78, 5) is 13.5. The standard InChI is InChI=1S/C22H27BrFNO3/c1-22(2,3)28-21(26)25(4)13-7-8-14-27-20-10-6-5-9-17(20)16-11-12-18(23)19(24)15-16/h5-6,9-12,15H,7-8,13-14H2,1-4H3. The van der Waals surface area contributed by atoms with E-state index in [1.807, 2.05) is 51.1 Å². The fourth-order valence-electron chi connectivity index (χ4n) is 2.56. The Morgan fingerprint density at radius 1 is 1.14 bits per heavy atom. The molecule has 0 spiro atoms. The quantitative estimate of drug-likeness (QED) is 0.464. The summed E-state index contributed by atoms with van der Waals surface area (Å²) in [7, 11) is 1.73. The van der Waals surface area contributed by atoms with E-state index in [-0.39, 0.29) is 11.9 Å². The molecule has 0 aliphatic carbocycles. The number of carbonyl (C=O) groups excluding carboxylic acids is 1. The molecule has 2 rings (SSSR count). The van der Waals surface area contributed by atoms with Gasteiger partial charge in [-0.05, 0) is 73.3 Å². The fraction of sp³-hybridized carbons (Fsp3) is 0.409. The monoisotopic (exact) mass is 451 g/mol. The second kappa shape index (κ2) is 9.92. The largest absolute Gasteiger partial charge is 0.493 e. The minimum absolute atomic E-state index is 0.308. The van der Waals surface area contributed by atoms with Crippen LogP contribution in [-0.2, 0) is 4.74 Å². The molecule has 28 heavy (non-hydrogen) atoms. The Labute approximate surface area is 174 Å². The van der Waals surface area contributed by atoms with E-state index < -0.39 is 5.60 Å². The highest BCUT2D eigenvalue weighted by Crippen LogP contribution is 2.32. The molecule has 0 aliphatic heterocycles. The molecule has 1 amide bonds. The average Bonchev–Trinajstić information content (AvgIpc) is 2.62. The Morgan fingerprint density at radius 2 is 1.86 bits per heavy atom. The number of hydrogen-bond donors (Lipinski definition) is 0. The first-order valence-corrected chi connectivity index (χ1v) is 10.1. The molecule has 6 heteroatoms. The summed E-state index contributed by atoms with van der Waals surface area (Å²) in [6, 6.07) is 12.6. The number of amides is 1. The van der Waals surface area contributed by atoms with E-state index in [9.17, 15) is 9.18 Å². The van der Waals surface area contributed by atoms with E-state index >= 15 is 0 Å². The van der Waals surface area contributed by atoms with Gasteiger partial charge in [0.2, 0.25) is 0 Å². The van der Waals surface area contributed by atoms with E-state index in [1.54, 1.807) is 18.0 Å². The molecule has 0 saturated carbocycles. The van der Waals surface area contributed by atoms with E-state index in [1.165, 1.54) is 6.07 Å². The number of hydrogen-bond acceptors (Lipinski definition) is 3. The van der Waals surface area contributed by atoms with Gasteiger partial charge in [-0.2, -0.15) is 0 Å². The molecule has 152 valence electrons. The maximum absolute atomic E-state index is 13.9. The van der Waals surface area contributed by atoms with E-state index in [4.69, 9.17) is 9.47 Å². The number of unbranched alkanes of at least 4 members (excludes halogenated alkanes) is 1. The molecule has 0 radical (unpaired) electrons. The maximum atomic E-state index is 13.9. The molecule has 0 aromatic heterocycles. The molecule has 0 atom stereocenters. The zero-order chi connectivity index (χ0) is 20.7. The van der Waals surface area contributed by atoms with Crippen molar-refractivity contribution in [3.63, 3.8) is 0 Å². The highest BCUT2D eigenvalue weighted by molar-refractivity contribution is 9.10. The Hall–Kier alpha value is -2.08. The second-order valence-electron chi connectivity index (χ2n) is 7.58. The van der Waals surface area contributed by atoms with Gasteiger partial charge in [-0.1, -0.05) is 24.3 Å². The van der Waals surface area contributed by atoms with Crippen LogP contribution in [0.25, 0.3) is 11.1 Å². The number of carbonyl (C=O) groups is 1. The number of halogens is 2. The summed E-state index contributed by atoms with van der Waals surface area (Å²) in [5, 5.41) is 0. The molecule has 0 aliphatic rings. The van der Waals surface area contributed by atoms with Crippen molar-refractivity contribution in [1.29, 1.82) is 0 Å². The Balaban J connectivity index is 1.86. The van der Waals surface area contributed by atoms with Crippen molar-refractivity contribution >= 4 is 22.0 Å². The molecule has 0 unspecified atom stereocenters. The van der Waals surface area contributed by atoms with Gasteiger partial charge in [0.1, 0.15) is 17.2 Å². The van der Waals surface area contributed by atoms with Crippen LogP contribution in [0.15, 0.2) is 46.9 Å². The van der Waals surface area contributed by atoms with Crippen molar-refractivity contribution in [2.24, 2.45) is 0 Å². The second-order valence-corrected chi connectivity index (χ2v) is 8.44. The van der Waals surface area contributed by atoms with Gasteiger partial charge in [-0.3, -0.25) is 0 Å². The lowest BCUT2D eigenvalue weighted by molar-refractivity contribution is 0.0294. The van der Waals surface area contributed by atoms with Crippen molar-refractivity contribution in [2.75, 3.05) is 20.2 Å². The summed E-state index contributed by atoms with van der Waals surface area (Å²) in [5.74, 6) is 0.405. The van der Waals surface area contributed by atoms with Crippen LogP contribution in [0.4, 0.5) is 9.18 Å². The maximum Gasteiger partial charge on any atom is 0.410 e. The van der Waals surface area contributed by atoms with Crippen LogP contribution in [0.3, 0.4) is 0 Å². The van der Waals surface area contributed by atoms with E-state index in [2.05, 4.69) is 15.9 Å². The summed E-state index contributed by atoms with van der Waals surface area (Å²) in [6.45, 7) is 6.65. The first-order chi connectivity index (χ1) is 13.2. The molecule has 0 N–H and O–H groups in total. The average molecular weight is 452 g/mol. The molecule has 2 aromatic carbocycles. The molecular formula is C22H27BrFNO3. The van der Waals surface area contributed by atoms with Crippen LogP contribution in [0.1, 0.15) is 33.6 Å². The number of ether oxygens (including phenoxy) is 2. The number of para-hydroxylation sites is 1. The SMILES string of the molecule is CN(CCCCOc1ccccc1-c1ccc(Br)c(F)c1)C(=O)OC(C)(C)C. The number of benzene rings is 2. The third-order valence-corrected chi connectivity index (χ3v) is 4.61. The van der Waals surface area contributed by atoms with Gasteiger partial charge >= 0.3 is 6.09 Å². The third kappa shape index (κ3) is 6.82. The summed E-state index contributed by atoms with van der Waals surface area (Å²) < 4.78 is 25.5. The highest BCUT2D eigenvalue weighted by atomic mass is 79.9. The lowest BCUT2D eigenvalue weighted by Gasteiger charge is -2.24. The molecular weight excluding hydrogens is 425 g/mol. The number of rotatable bonds is 7. The minimum Gasteiger partial charge on any atom is -0.493 e. The van der Waals surface area contributed by atoms with Crippen LogP contribution < -0.4 is 4.74 Å². The van der Waals surface area contributed by atoms with Crippen LogP contribution in [0.2, 0.25) is 0 Å². The summed E-state index contributed by atoms with van der Waals surface area (Å²) in [6.07, 6.45) is 1.26. The topological polar surface area (TPSA) is 38.8 Å². The van der Waals surface area contributed by atoms with Gasteiger partial charge in [-0.15, -0.1) is 0 Å². The zero-order valence-electron chi connectivity index (χ0n) is 16.8. The summed E-state index contributed by atoms with van der Waals surface area (Å²) >= 11 is 3.17. The fourth-order valence-corrected chi connectivity index (χ4v) is 2.81. The molecule has 0 fully saturated rings. The van der Waals surface area contributed by atoms with Crippen molar-refractivity contribution in [3.05, 3.63) is 52.8 Å².